The molecule has 2 atom stereocenters. The predicted molar refractivity (Wildman–Crippen MR) is 78.8 cm³/mol. The third-order valence-corrected chi connectivity index (χ3v) is 3.87. The summed E-state index contributed by atoms with van der Waals surface area (Å²) in [6.07, 6.45) is 3.91. The minimum atomic E-state index is -0.656. The number of ether oxygens (including phenoxy) is 1. The van der Waals surface area contributed by atoms with Gasteiger partial charge in [0.1, 0.15) is 17.6 Å². The van der Waals surface area contributed by atoms with E-state index in [1.807, 2.05) is 0 Å². The zero-order chi connectivity index (χ0) is 14.6. The van der Waals surface area contributed by atoms with E-state index in [9.17, 15) is 5.11 Å². The standard InChI is InChI=1S/C14H22ClN3O2/c1-10-4-3-5-14(19,7-10)9-16-12-6-11(15)17-13(18-12)8-20-2/h6,10,19H,3-5,7-9H2,1-2H3,(H,16,17,18). The van der Waals surface area contributed by atoms with E-state index in [-0.39, 0.29) is 0 Å². The highest BCUT2D eigenvalue weighted by Gasteiger charge is 2.32. The van der Waals surface area contributed by atoms with Gasteiger partial charge in [0.25, 0.3) is 0 Å². The third-order valence-electron chi connectivity index (χ3n) is 3.68. The zero-order valence-electron chi connectivity index (χ0n) is 12.0. The van der Waals surface area contributed by atoms with Crippen molar-refractivity contribution in [3.63, 3.8) is 0 Å². The highest BCUT2D eigenvalue weighted by atomic mass is 35.5. The molecule has 1 saturated carbocycles. The van der Waals surface area contributed by atoms with Gasteiger partial charge in [-0.3, -0.25) is 0 Å². The Balaban J connectivity index is 1.99. The molecule has 20 heavy (non-hydrogen) atoms. The first-order valence-electron chi connectivity index (χ1n) is 6.99. The number of nitrogens with zero attached hydrogens (tertiary/aromatic N) is 2. The van der Waals surface area contributed by atoms with Crippen LogP contribution in [0.5, 0.6) is 0 Å². The minimum absolute atomic E-state index is 0.316. The number of nitrogens with one attached hydrogen (secondary N) is 1. The van der Waals surface area contributed by atoms with E-state index < -0.39 is 5.60 Å². The summed E-state index contributed by atoms with van der Waals surface area (Å²) >= 11 is 5.96. The second kappa shape index (κ2) is 6.70. The van der Waals surface area contributed by atoms with Gasteiger partial charge in [-0.15, -0.1) is 0 Å². The summed E-state index contributed by atoms with van der Waals surface area (Å²) in [5.41, 5.74) is -0.656. The maximum Gasteiger partial charge on any atom is 0.158 e. The Morgan fingerprint density at radius 1 is 1.55 bits per heavy atom. The summed E-state index contributed by atoms with van der Waals surface area (Å²) in [4.78, 5) is 8.39. The van der Waals surface area contributed by atoms with E-state index in [0.717, 1.165) is 19.3 Å². The summed E-state index contributed by atoms with van der Waals surface area (Å²) in [7, 11) is 1.59. The first-order valence-corrected chi connectivity index (χ1v) is 7.37. The lowest BCUT2D eigenvalue weighted by Gasteiger charge is -2.35. The molecule has 0 saturated heterocycles. The van der Waals surface area contributed by atoms with Gasteiger partial charge >= 0.3 is 0 Å². The molecule has 0 aliphatic heterocycles. The van der Waals surface area contributed by atoms with E-state index in [2.05, 4.69) is 22.2 Å². The van der Waals surface area contributed by atoms with Gasteiger partial charge in [0.2, 0.25) is 0 Å². The van der Waals surface area contributed by atoms with Crippen molar-refractivity contribution in [3.05, 3.63) is 17.0 Å². The normalized spacial score (nSPS) is 26.5. The van der Waals surface area contributed by atoms with Gasteiger partial charge in [-0.05, 0) is 18.8 Å². The summed E-state index contributed by atoms with van der Waals surface area (Å²) in [6, 6.07) is 1.66. The van der Waals surface area contributed by atoms with Gasteiger partial charge in [-0.25, -0.2) is 9.97 Å². The number of aromatic nitrogens is 2. The number of methoxy groups -OCH3 is 1. The van der Waals surface area contributed by atoms with Crippen molar-refractivity contribution < 1.29 is 9.84 Å². The fourth-order valence-corrected chi connectivity index (χ4v) is 3.00. The molecule has 1 aliphatic carbocycles. The molecular weight excluding hydrogens is 278 g/mol. The molecular formula is C14H22ClN3O2. The highest BCUT2D eigenvalue weighted by molar-refractivity contribution is 6.29. The van der Waals surface area contributed by atoms with Crippen molar-refractivity contribution in [3.8, 4) is 0 Å². The van der Waals surface area contributed by atoms with Gasteiger partial charge in [0.15, 0.2) is 5.82 Å². The van der Waals surface area contributed by atoms with Gasteiger partial charge in [0, 0.05) is 19.7 Å². The largest absolute Gasteiger partial charge is 0.388 e. The average molecular weight is 300 g/mol. The molecule has 0 spiro atoms. The topological polar surface area (TPSA) is 67.3 Å². The molecule has 0 amide bonds. The van der Waals surface area contributed by atoms with Crippen molar-refractivity contribution in [2.24, 2.45) is 5.92 Å². The molecule has 1 aromatic rings. The number of hydrogen-bond acceptors (Lipinski definition) is 5. The summed E-state index contributed by atoms with van der Waals surface area (Å²) in [6.45, 7) is 2.98. The van der Waals surface area contributed by atoms with E-state index in [0.29, 0.717) is 35.9 Å². The number of halogens is 1. The van der Waals surface area contributed by atoms with Crippen LogP contribution in [-0.2, 0) is 11.3 Å². The molecule has 0 radical (unpaired) electrons. The van der Waals surface area contributed by atoms with Gasteiger partial charge in [0.05, 0.1) is 5.60 Å². The quantitative estimate of drug-likeness (QED) is 0.818. The summed E-state index contributed by atoms with van der Waals surface area (Å²) in [5.74, 6) is 1.73. The van der Waals surface area contributed by atoms with Crippen LogP contribution in [0.25, 0.3) is 0 Å². The molecule has 0 bridgehead atoms. The Bertz CT molecular complexity index is 458. The fraction of sp³-hybridized carbons (Fsp3) is 0.714. The van der Waals surface area contributed by atoms with Crippen LogP contribution in [0.2, 0.25) is 5.15 Å². The molecule has 5 nitrogen and oxygen atoms in total. The van der Waals surface area contributed by atoms with Crippen LogP contribution in [0, 0.1) is 5.92 Å². The predicted octanol–water partition coefficient (Wildman–Crippen LogP) is 2.63. The van der Waals surface area contributed by atoms with Crippen LogP contribution in [0.1, 0.15) is 38.4 Å². The Morgan fingerprint density at radius 3 is 3.05 bits per heavy atom. The van der Waals surface area contributed by atoms with Gasteiger partial charge in [-0.2, -0.15) is 0 Å². The highest BCUT2D eigenvalue weighted by Crippen LogP contribution is 2.32. The van der Waals surface area contributed by atoms with Crippen LogP contribution in [0.4, 0.5) is 5.82 Å². The van der Waals surface area contributed by atoms with E-state index >= 15 is 0 Å². The number of aliphatic hydroxyl groups is 1. The molecule has 1 aromatic heterocycles. The average Bonchev–Trinajstić information content (AvgIpc) is 2.36. The Kier molecular flexibility index (Phi) is 5.18. The van der Waals surface area contributed by atoms with Crippen LogP contribution < -0.4 is 5.32 Å². The van der Waals surface area contributed by atoms with Crippen molar-refractivity contribution in [2.45, 2.75) is 44.8 Å². The first kappa shape index (κ1) is 15.5. The van der Waals surface area contributed by atoms with Crippen LogP contribution in [0.15, 0.2) is 6.07 Å². The van der Waals surface area contributed by atoms with Crippen molar-refractivity contribution in [1.82, 2.24) is 9.97 Å². The molecule has 2 rings (SSSR count). The summed E-state index contributed by atoms with van der Waals surface area (Å²) < 4.78 is 5.01. The minimum Gasteiger partial charge on any atom is -0.388 e. The monoisotopic (exact) mass is 299 g/mol. The third kappa shape index (κ3) is 4.30. The Hall–Kier alpha value is -0.910. The maximum atomic E-state index is 10.6. The van der Waals surface area contributed by atoms with Crippen molar-refractivity contribution >= 4 is 17.4 Å². The van der Waals surface area contributed by atoms with Crippen LogP contribution >= 0.6 is 11.6 Å². The Morgan fingerprint density at radius 2 is 2.35 bits per heavy atom. The summed E-state index contributed by atoms with van der Waals surface area (Å²) in [5, 5.41) is 14.1. The van der Waals surface area contributed by atoms with E-state index in [1.54, 1.807) is 13.2 Å². The SMILES string of the molecule is COCc1nc(Cl)cc(NCC2(O)CCCC(C)C2)n1. The van der Waals surface area contributed by atoms with Crippen molar-refractivity contribution in [2.75, 3.05) is 19.0 Å². The number of anilines is 1. The van der Waals surface area contributed by atoms with Gasteiger partial charge in [-0.1, -0.05) is 31.4 Å². The Labute approximate surface area is 124 Å². The smallest absolute Gasteiger partial charge is 0.158 e. The molecule has 6 heteroatoms. The lowest BCUT2D eigenvalue weighted by Crippen LogP contribution is -2.41. The number of rotatable bonds is 5. The maximum absolute atomic E-state index is 10.6. The van der Waals surface area contributed by atoms with Crippen LogP contribution in [0.3, 0.4) is 0 Å². The van der Waals surface area contributed by atoms with Crippen LogP contribution in [-0.4, -0.2) is 34.3 Å². The van der Waals surface area contributed by atoms with E-state index in [4.69, 9.17) is 16.3 Å². The molecule has 1 aliphatic rings. The van der Waals surface area contributed by atoms with Gasteiger partial charge < -0.3 is 15.2 Å². The number of hydrogen-bond donors (Lipinski definition) is 2. The molecule has 1 fully saturated rings. The fourth-order valence-electron chi connectivity index (χ4n) is 2.80. The molecule has 0 aromatic carbocycles. The lowest BCUT2D eigenvalue weighted by molar-refractivity contribution is -0.000836. The molecule has 2 N–H and O–H groups in total. The van der Waals surface area contributed by atoms with Crippen molar-refractivity contribution in [1.29, 1.82) is 0 Å². The van der Waals surface area contributed by atoms with E-state index in [1.165, 1.54) is 6.42 Å². The second-order valence-electron chi connectivity index (χ2n) is 5.70. The molecule has 1 heterocycles. The lowest BCUT2D eigenvalue weighted by atomic mass is 9.79. The first-order chi connectivity index (χ1) is 9.50. The second-order valence-corrected chi connectivity index (χ2v) is 6.09. The molecule has 2 unspecified atom stereocenters. The zero-order valence-corrected chi connectivity index (χ0v) is 12.8. The molecule has 112 valence electrons.